The van der Waals surface area contributed by atoms with Crippen LogP contribution in [0.4, 0.5) is 0 Å². The molecule has 0 saturated carbocycles. The molecule has 106 valence electrons. The summed E-state index contributed by atoms with van der Waals surface area (Å²) in [5.41, 5.74) is 2.55. The minimum absolute atomic E-state index is 0.0668. The predicted molar refractivity (Wildman–Crippen MR) is 87.2 cm³/mol. The second kappa shape index (κ2) is 5.92. The summed E-state index contributed by atoms with van der Waals surface area (Å²) < 4.78 is 0. The Morgan fingerprint density at radius 3 is 2.62 bits per heavy atom. The monoisotopic (exact) mass is 316 g/mol. The second-order valence-electron chi connectivity index (χ2n) is 4.69. The molecule has 0 fully saturated rings. The van der Waals surface area contributed by atoms with Crippen LogP contribution in [0.5, 0.6) is 0 Å². The SMILES string of the molecule is CC(Sc1nc2ccccc2[nH]1)C(=O)c1ccc(Cl)cc1. The van der Waals surface area contributed by atoms with Gasteiger partial charge in [0.2, 0.25) is 0 Å². The van der Waals surface area contributed by atoms with Crippen LogP contribution in [0.2, 0.25) is 5.02 Å². The van der Waals surface area contributed by atoms with E-state index in [1.54, 1.807) is 24.3 Å². The lowest BCUT2D eigenvalue weighted by molar-refractivity contribution is 0.0994. The first kappa shape index (κ1) is 14.2. The van der Waals surface area contributed by atoms with Gasteiger partial charge < -0.3 is 4.98 Å². The Morgan fingerprint density at radius 1 is 1.19 bits per heavy atom. The average Bonchev–Trinajstić information content (AvgIpc) is 2.89. The molecule has 21 heavy (non-hydrogen) atoms. The molecule has 0 aliphatic carbocycles. The molecule has 5 heteroatoms. The number of carbonyl (C=O) groups is 1. The Balaban J connectivity index is 1.77. The largest absolute Gasteiger partial charge is 0.333 e. The van der Waals surface area contributed by atoms with Gasteiger partial charge in [-0.25, -0.2) is 4.98 Å². The zero-order valence-electron chi connectivity index (χ0n) is 11.3. The van der Waals surface area contributed by atoms with Crippen LogP contribution >= 0.6 is 23.4 Å². The number of para-hydroxylation sites is 2. The summed E-state index contributed by atoms with van der Waals surface area (Å²) >= 11 is 7.27. The predicted octanol–water partition coefficient (Wildman–Crippen LogP) is 4.58. The summed E-state index contributed by atoms with van der Waals surface area (Å²) in [5.74, 6) is 0.0668. The third-order valence-electron chi connectivity index (χ3n) is 3.15. The first-order valence-electron chi connectivity index (χ1n) is 6.54. The minimum atomic E-state index is -0.216. The van der Waals surface area contributed by atoms with Gasteiger partial charge in [0.25, 0.3) is 0 Å². The molecule has 3 aromatic rings. The lowest BCUT2D eigenvalue weighted by atomic mass is 10.1. The fourth-order valence-corrected chi connectivity index (χ4v) is 3.08. The van der Waals surface area contributed by atoms with Gasteiger partial charge in [-0.05, 0) is 43.3 Å². The van der Waals surface area contributed by atoms with E-state index in [-0.39, 0.29) is 11.0 Å². The molecule has 0 radical (unpaired) electrons. The standard InChI is InChI=1S/C16H13ClN2OS/c1-10(15(20)11-6-8-12(17)9-7-11)21-16-18-13-4-2-3-5-14(13)19-16/h2-10H,1H3,(H,18,19). The number of thioether (sulfide) groups is 1. The first-order chi connectivity index (χ1) is 10.1. The maximum Gasteiger partial charge on any atom is 0.175 e. The summed E-state index contributed by atoms with van der Waals surface area (Å²) in [6.07, 6.45) is 0. The van der Waals surface area contributed by atoms with E-state index in [0.717, 1.165) is 16.2 Å². The Morgan fingerprint density at radius 2 is 1.90 bits per heavy atom. The number of halogens is 1. The first-order valence-corrected chi connectivity index (χ1v) is 7.80. The zero-order chi connectivity index (χ0) is 14.8. The van der Waals surface area contributed by atoms with Gasteiger partial charge in [-0.3, -0.25) is 4.79 Å². The van der Waals surface area contributed by atoms with Crippen molar-refractivity contribution in [3.8, 4) is 0 Å². The van der Waals surface area contributed by atoms with E-state index < -0.39 is 0 Å². The number of carbonyl (C=O) groups excluding carboxylic acids is 1. The molecule has 3 rings (SSSR count). The maximum atomic E-state index is 12.4. The number of nitrogens with one attached hydrogen (secondary N) is 1. The summed E-state index contributed by atoms with van der Waals surface area (Å²) in [7, 11) is 0. The van der Waals surface area contributed by atoms with E-state index in [4.69, 9.17) is 11.6 Å². The van der Waals surface area contributed by atoms with Gasteiger partial charge in [0, 0.05) is 10.6 Å². The fourth-order valence-electron chi connectivity index (χ4n) is 2.06. The molecule has 0 spiro atoms. The fraction of sp³-hybridized carbons (Fsp3) is 0.125. The highest BCUT2D eigenvalue weighted by Gasteiger charge is 2.18. The van der Waals surface area contributed by atoms with Crippen molar-refractivity contribution < 1.29 is 4.79 Å². The van der Waals surface area contributed by atoms with Gasteiger partial charge in [0.1, 0.15) is 0 Å². The van der Waals surface area contributed by atoms with Crippen molar-refractivity contribution in [2.24, 2.45) is 0 Å². The highest BCUT2D eigenvalue weighted by molar-refractivity contribution is 8.00. The quantitative estimate of drug-likeness (QED) is 0.566. The molecule has 0 aliphatic heterocycles. The summed E-state index contributed by atoms with van der Waals surface area (Å²) in [6.45, 7) is 1.88. The molecule has 1 unspecified atom stereocenters. The molecule has 1 atom stereocenters. The number of nitrogens with zero attached hydrogens (tertiary/aromatic N) is 1. The minimum Gasteiger partial charge on any atom is -0.333 e. The van der Waals surface area contributed by atoms with Gasteiger partial charge in [-0.1, -0.05) is 35.5 Å². The number of hydrogen-bond donors (Lipinski definition) is 1. The average molecular weight is 317 g/mol. The van der Waals surface area contributed by atoms with E-state index >= 15 is 0 Å². The number of fused-ring (bicyclic) bond motifs is 1. The van der Waals surface area contributed by atoms with Crippen molar-refractivity contribution >= 4 is 40.2 Å². The van der Waals surface area contributed by atoms with Crippen LogP contribution in [0.1, 0.15) is 17.3 Å². The number of ketones is 1. The number of rotatable bonds is 4. The third kappa shape index (κ3) is 3.12. The molecule has 0 bridgehead atoms. The van der Waals surface area contributed by atoms with Crippen molar-refractivity contribution in [1.82, 2.24) is 9.97 Å². The molecule has 1 N–H and O–H groups in total. The second-order valence-corrected chi connectivity index (χ2v) is 6.46. The van der Waals surface area contributed by atoms with Crippen molar-refractivity contribution in [3.05, 3.63) is 59.1 Å². The highest BCUT2D eigenvalue weighted by atomic mass is 35.5. The lowest BCUT2D eigenvalue weighted by Gasteiger charge is -2.08. The lowest BCUT2D eigenvalue weighted by Crippen LogP contribution is -2.13. The van der Waals surface area contributed by atoms with E-state index in [0.29, 0.717) is 10.6 Å². The smallest absolute Gasteiger partial charge is 0.175 e. The molecule has 3 nitrogen and oxygen atoms in total. The molecular formula is C16H13ClN2OS. The molecule has 0 saturated heterocycles. The van der Waals surface area contributed by atoms with Gasteiger partial charge in [0.05, 0.1) is 16.3 Å². The number of aromatic nitrogens is 2. The molecule has 1 aromatic heterocycles. The molecule has 1 heterocycles. The number of Topliss-reactive ketones (excluding diaryl/α,β-unsaturated/α-hetero) is 1. The normalized spacial score (nSPS) is 12.5. The summed E-state index contributed by atoms with van der Waals surface area (Å²) in [6, 6.07) is 14.8. The number of H-pyrrole nitrogens is 1. The van der Waals surface area contributed by atoms with E-state index in [1.165, 1.54) is 11.8 Å². The van der Waals surface area contributed by atoms with Crippen LogP contribution < -0.4 is 0 Å². The Kier molecular flexibility index (Phi) is 3.99. The van der Waals surface area contributed by atoms with Crippen LogP contribution in [0, 0.1) is 0 Å². The summed E-state index contributed by atoms with van der Waals surface area (Å²) in [4.78, 5) is 20.1. The molecule has 2 aromatic carbocycles. The van der Waals surface area contributed by atoms with Crippen molar-refractivity contribution in [3.63, 3.8) is 0 Å². The van der Waals surface area contributed by atoms with Gasteiger partial charge >= 0.3 is 0 Å². The third-order valence-corrected chi connectivity index (χ3v) is 4.39. The number of hydrogen-bond acceptors (Lipinski definition) is 3. The zero-order valence-corrected chi connectivity index (χ0v) is 12.9. The number of aromatic amines is 1. The van der Waals surface area contributed by atoms with Crippen molar-refractivity contribution in [2.45, 2.75) is 17.3 Å². The van der Waals surface area contributed by atoms with E-state index in [2.05, 4.69) is 9.97 Å². The van der Waals surface area contributed by atoms with Crippen LogP contribution in [0.25, 0.3) is 11.0 Å². The van der Waals surface area contributed by atoms with E-state index in [1.807, 2.05) is 31.2 Å². The van der Waals surface area contributed by atoms with Crippen molar-refractivity contribution in [2.75, 3.05) is 0 Å². The van der Waals surface area contributed by atoms with Gasteiger partial charge in [-0.15, -0.1) is 0 Å². The maximum absolute atomic E-state index is 12.4. The van der Waals surface area contributed by atoms with Crippen molar-refractivity contribution in [1.29, 1.82) is 0 Å². The number of benzene rings is 2. The van der Waals surface area contributed by atoms with Crippen LogP contribution in [0.3, 0.4) is 0 Å². The molecular weight excluding hydrogens is 304 g/mol. The Bertz CT molecular complexity index is 749. The van der Waals surface area contributed by atoms with Crippen LogP contribution in [-0.2, 0) is 0 Å². The highest BCUT2D eigenvalue weighted by Crippen LogP contribution is 2.25. The van der Waals surface area contributed by atoms with E-state index in [9.17, 15) is 4.79 Å². The number of imidazole rings is 1. The van der Waals surface area contributed by atoms with Gasteiger partial charge in [-0.2, -0.15) is 0 Å². The Labute approximate surface area is 131 Å². The topological polar surface area (TPSA) is 45.8 Å². The molecule has 0 aliphatic rings. The summed E-state index contributed by atoms with van der Waals surface area (Å²) in [5, 5.41) is 1.17. The molecule has 0 amide bonds. The van der Waals surface area contributed by atoms with Crippen LogP contribution in [0.15, 0.2) is 53.7 Å². The van der Waals surface area contributed by atoms with Gasteiger partial charge in [0.15, 0.2) is 10.9 Å². The Hall–Kier alpha value is -1.78. The van der Waals surface area contributed by atoms with Crippen LogP contribution in [-0.4, -0.2) is 21.0 Å².